The van der Waals surface area contributed by atoms with Crippen molar-refractivity contribution in [3.8, 4) is 5.75 Å². The van der Waals surface area contributed by atoms with E-state index in [9.17, 15) is 14.4 Å². The van der Waals surface area contributed by atoms with Crippen LogP contribution in [-0.4, -0.2) is 66.0 Å². The van der Waals surface area contributed by atoms with Gasteiger partial charge in [-0.2, -0.15) is 0 Å². The molecule has 30 heavy (non-hydrogen) atoms. The number of esters is 1. The quantitative estimate of drug-likeness (QED) is 0.606. The predicted molar refractivity (Wildman–Crippen MR) is 114 cm³/mol. The average Bonchev–Trinajstić information content (AvgIpc) is 3.15. The SMILES string of the molecule is CCOc1ccccc1C(=O)N1CCCC1C(=O)N(C)CCCC(=O)OC(C)(C)C. The number of amides is 2. The van der Waals surface area contributed by atoms with Crippen LogP contribution >= 0.6 is 0 Å². The van der Waals surface area contributed by atoms with Gasteiger partial charge in [0.25, 0.3) is 5.91 Å². The Hall–Kier alpha value is -2.57. The zero-order valence-corrected chi connectivity index (χ0v) is 18.8. The van der Waals surface area contributed by atoms with Gasteiger partial charge in [-0.05, 0) is 59.1 Å². The van der Waals surface area contributed by atoms with Gasteiger partial charge in [-0.25, -0.2) is 0 Å². The summed E-state index contributed by atoms with van der Waals surface area (Å²) < 4.78 is 10.9. The summed E-state index contributed by atoms with van der Waals surface area (Å²) in [5, 5.41) is 0. The van der Waals surface area contributed by atoms with Crippen LogP contribution in [0.4, 0.5) is 0 Å². The lowest BCUT2D eigenvalue weighted by atomic mass is 10.1. The van der Waals surface area contributed by atoms with Gasteiger partial charge in [0.2, 0.25) is 5.91 Å². The molecule has 0 aromatic heterocycles. The molecule has 1 heterocycles. The van der Waals surface area contributed by atoms with Gasteiger partial charge >= 0.3 is 5.97 Å². The topological polar surface area (TPSA) is 76.2 Å². The fourth-order valence-electron chi connectivity index (χ4n) is 3.56. The molecule has 7 heteroatoms. The lowest BCUT2D eigenvalue weighted by Crippen LogP contribution is -2.47. The molecule has 1 aromatic carbocycles. The molecule has 1 aliphatic rings. The molecule has 1 unspecified atom stereocenters. The first-order valence-electron chi connectivity index (χ1n) is 10.6. The normalized spacial score (nSPS) is 16.3. The van der Waals surface area contributed by atoms with Crippen molar-refractivity contribution in [3.05, 3.63) is 29.8 Å². The van der Waals surface area contributed by atoms with Gasteiger partial charge in [-0.3, -0.25) is 14.4 Å². The van der Waals surface area contributed by atoms with Gasteiger partial charge in [0.1, 0.15) is 17.4 Å². The largest absolute Gasteiger partial charge is 0.493 e. The third-order valence-corrected chi connectivity index (χ3v) is 4.89. The monoisotopic (exact) mass is 418 g/mol. The molecule has 0 spiro atoms. The molecule has 1 aliphatic heterocycles. The first kappa shape index (κ1) is 23.7. The zero-order valence-electron chi connectivity index (χ0n) is 18.8. The number of carbonyl (C=O) groups excluding carboxylic acids is 3. The maximum Gasteiger partial charge on any atom is 0.306 e. The van der Waals surface area contributed by atoms with Crippen molar-refractivity contribution in [2.45, 2.75) is 65.0 Å². The number of ether oxygens (including phenoxy) is 2. The van der Waals surface area contributed by atoms with Crippen LogP contribution in [-0.2, 0) is 14.3 Å². The van der Waals surface area contributed by atoms with E-state index in [0.29, 0.717) is 43.9 Å². The number of nitrogens with zero attached hydrogens (tertiary/aromatic N) is 2. The van der Waals surface area contributed by atoms with Crippen molar-refractivity contribution < 1.29 is 23.9 Å². The van der Waals surface area contributed by atoms with Gasteiger partial charge in [-0.1, -0.05) is 12.1 Å². The summed E-state index contributed by atoms with van der Waals surface area (Å²) in [6, 6.07) is 6.64. The zero-order chi connectivity index (χ0) is 22.3. The molecule has 0 radical (unpaired) electrons. The van der Waals surface area contributed by atoms with E-state index < -0.39 is 11.6 Å². The molecule has 1 aromatic rings. The van der Waals surface area contributed by atoms with Crippen molar-refractivity contribution in [2.24, 2.45) is 0 Å². The summed E-state index contributed by atoms with van der Waals surface area (Å²) in [6.45, 7) is 8.80. The van der Waals surface area contributed by atoms with Crippen molar-refractivity contribution in [1.82, 2.24) is 9.80 Å². The number of benzene rings is 1. The molecule has 2 amide bonds. The van der Waals surface area contributed by atoms with Gasteiger partial charge < -0.3 is 19.3 Å². The number of hydrogen-bond donors (Lipinski definition) is 0. The third-order valence-electron chi connectivity index (χ3n) is 4.89. The minimum absolute atomic E-state index is 0.0982. The van der Waals surface area contributed by atoms with Crippen LogP contribution < -0.4 is 4.74 Å². The Morgan fingerprint density at radius 3 is 2.57 bits per heavy atom. The molecule has 7 nitrogen and oxygen atoms in total. The van der Waals surface area contributed by atoms with E-state index >= 15 is 0 Å². The highest BCUT2D eigenvalue weighted by Gasteiger charge is 2.36. The second-order valence-corrected chi connectivity index (χ2v) is 8.54. The Morgan fingerprint density at radius 1 is 1.20 bits per heavy atom. The molecule has 1 atom stereocenters. The molecule has 1 saturated heterocycles. The molecule has 0 aliphatic carbocycles. The van der Waals surface area contributed by atoms with Crippen LogP contribution in [0, 0.1) is 0 Å². The maximum atomic E-state index is 13.1. The second kappa shape index (κ2) is 10.5. The number of hydrogen-bond acceptors (Lipinski definition) is 5. The first-order chi connectivity index (χ1) is 14.1. The van der Waals surface area contributed by atoms with E-state index in [0.717, 1.165) is 6.42 Å². The lowest BCUT2D eigenvalue weighted by Gasteiger charge is -2.28. The van der Waals surface area contributed by atoms with Crippen LogP contribution in [0.1, 0.15) is 63.7 Å². The Labute approximate surface area is 179 Å². The van der Waals surface area contributed by atoms with Crippen LogP contribution in [0.2, 0.25) is 0 Å². The van der Waals surface area contributed by atoms with Gasteiger partial charge in [0.05, 0.1) is 12.2 Å². The van der Waals surface area contributed by atoms with E-state index in [-0.39, 0.29) is 24.2 Å². The third kappa shape index (κ3) is 6.47. The highest BCUT2D eigenvalue weighted by molar-refractivity contribution is 6.00. The molecule has 0 N–H and O–H groups in total. The minimum atomic E-state index is -0.513. The number of carbonyl (C=O) groups is 3. The second-order valence-electron chi connectivity index (χ2n) is 8.54. The van der Waals surface area contributed by atoms with Crippen LogP contribution in [0.15, 0.2) is 24.3 Å². The van der Waals surface area contributed by atoms with E-state index in [4.69, 9.17) is 9.47 Å². The maximum absolute atomic E-state index is 13.1. The Bertz CT molecular complexity index is 756. The highest BCUT2D eigenvalue weighted by atomic mass is 16.6. The van der Waals surface area contributed by atoms with Crippen molar-refractivity contribution in [3.63, 3.8) is 0 Å². The lowest BCUT2D eigenvalue weighted by molar-refractivity contribution is -0.155. The van der Waals surface area contributed by atoms with Gasteiger partial charge in [-0.15, -0.1) is 0 Å². The Balaban J connectivity index is 1.97. The van der Waals surface area contributed by atoms with Crippen molar-refractivity contribution in [2.75, 3.05) is 26.7 Å². The molecule has 166 valence electrons. The molecule has 0 saturated carbocycles. The predicted octanol–water partition coefficient (Wildman–Crippen LogP) is 3.27. The van der Waals surface area contributed by atoms with E-state index in [1.54, 1.807) is 35.0 Å². The molecule has 2 rings (SSSR count). The summed E-state index contributed by atoms with van der Waals surface area (Å²) in [7, 11) is 1.71. The molecular formula is C23H34N2O5. The standard InChI is InChI=1S/C23H34N2O5/c1-6-29-19-13-8-7-11-17(19)21(27)25-16-9-12-18(25)22(28)24(5)15-10-14-20(26)30-23(2,3)4/h7-8,11,13,18H,6,9-10,12,14-16H2,1-5H3. The minimum Gasteiger partial charge on any atom is -0.493 e. The van der Waals surface area contributed by atoms with Crippen LogP contribution in [0.25, 0.3) is 0 Å². The molecule has 1 fully saturated rings. The summed E-state index contributed by atoms with van der Waals surface area (Å²) >= 11 is 0. The van der Waals surface area contributed by atoms with Gasteiger partial charge in [0, 0.05) is 26.6 Å². The van der Waals surface area contributed by atoms with Crippen molar-refractivity contribution >= 4 is 17.8 Å². The molecular weight excluding hydrogens is 384 g/mol. The average molecular weight is 419 g/mol. The first-order valence-corrected chi connectivity index (χ1v) is 10.6. The van der Waals surface area contributed by atoms with Crippen LogP contribution in [0.5, 0.6) is 5.75 Å². The summed E-state index contributed by atoms with van der Waals surface area (Å²) in [5.41, 5.74) is -0.0342. The number of rotatable bonds is 8. The van der Waals surface area contributed by atoms with E-state index in [1.165, 1.54) is 0 Å². The summed E-state index contributed by atoms with van der Waals surface area (Å²) in [4.78, 5) is 41.2. The fraction of sp³-hybridized carbons (Fsp3) is 0.609. The summed E-state index contributed by atoms with van der Waals surface area (Å²) in [5.74, 6) is -0.0154. The molecule has 0 bridgehead atoms. The fourth-order valence-corrected chi connectivity index (χ4v) is 3.56. The van der Waals surface area contributed by atoms with Crippen LogP contribution in [0.3, 0.4) is 0 Å². The van der Waals surface area contributed by atoms with E-state index in [1.807, 2.05) is 33.8 Å². The summed E-state index contributed by atoms with van der Waals surface area (Å²) in [6.07, 6.45) is 2.19. The van der Waals surface area contributed by atoms with Crippen molar-refractivity contribution in [1.29, 1.82) is 0 Å². The van der Waals surface area contributed by atoms with Gasteiger partial charge in [0.15, 0.2) is 0 Å². The number of para-hydroxylation sites is 1. The number of likely N-dealkylation sites (tertiary alicyclic amines) is 1. The Morgan fingerprint density at radius 2 is 1.90 bits per heavy atom. The smallest absolute Gasteiger partial charge is 0.306 e. The Kier molecular flexibility index (Phi) is 8.26. The number of likely N-dealkylation sites (N-methyl/N-ethyl adjacent to an activating group) is 1. The highest BCUT2D eigenvalue weighted by Crippen LogP contribution is 2.26. The van der Waals surface area contributed by atoms with E-state index in [2.05, 4.69) is 0 Å².